The van der Waals surface area contributed by atoms with Gasteiger partial charge in [0.1, 0.15) is 0 Å². The Bertz CT molecular complexity index is 636. The predicted molar refractivity (Wildman–Crippen MR) is 92.7 cm³/mol. The largest absolute Gasteiger partial charge is 0.342 e. The first kappa shape index (κ1) is 15.3. The summed E-state index contributed by atoms with van der Waals surface area (Å²) < 4.78 is 0. The number of rotatable bonds is 2. The van der Waals surface area contributed by atoms with E-state index in [4.69, 9.17) is 11.6 Å². The summed E-state index contributed by atoms with van der Waals surface area (Å²) in [5, 5.41) is 0.673. The number of thioether (sulfide) groups is 1. The van der Waals surface area contributed by atoms with E-state index >= 15 is 0 Å². The first-order chi connectivity index (χ1) is 11.1. The van der Waals surface area contributed by atoms with Gasteiger partial charge in [-0.2, -0.15) is 0 Å². The van der Waals surface area contributed by atoms with Gasteiger partial charge in [0, 0.05) is 29.7 Å². The standard InChI is InChI=1S/C17H19ClN2O2S/c18-13-3-5-14(6-4-13)20-15(21)11-23-17(20)7-9-19(10-8-17)16(22)12-1-2-12/h3-6,12H,1-2,7-11H2. The van der Waals surface area contributed by atoms with Crippen LogP contribution in [0, 0.1) is 5.92 Å². The normalized spacial score (nSPS) is 23.6. The first-order valence-corrected chi connectivity index (χ1v) is 9.47. The SMILES string of the molecule is O=C(C1CC1)N1CCC2(CC1)SCC(=O)N2c1ccc(Cl)cc1. The lowest BCUT2D eigenvalue weighted by molar-refractivity contribution is -0.133. The highest BCUT2D eigenvalue weighted by molar-refractivity contribution is 8.02. The molecule has 4 rings (SSSR count). The van der Waals surface area contributed by atoms with E-state index in [1.165, 1.54) is 0 Å². The molecule has 23 heavy (non-hydrogen) atoms. The minimum absolute atomic E-state index is 0.152. The molecule has 1 aromatic rings. The van der Waals surface area contributed by atoms with Gasteiger partial charge in [-0.3, -0.25) is 14.5 Å². The number of hydrogen-bond acceptors (Lipinski definition) is 3. The molecule has 1 spiro atoms. The van der Waals surface area contributed by atoms with E-state index in [0.717, 1.165) is 44.5 Å². The molecule has 0 atom stereocenters. The van der Waals surface area contributed by atoms with Gasteiger partial charge in [-0.25, -0.2) is 0 Å². The van der Waals surface area contributed by atoms with Gasteiger partial charge in [-0.05, 0) is 49.9 Å². The zero-order valence-corrected chi connectivity index (χ0v) is 14.4. The Kier molecular flexibility index (Phi) is 3.81. The van der Waals surface area contributed by atoms with E-state index in [2.05, 4.69) is 0 Å². The van der Waals surface area contributed by atoms with Crippen LogP contribution in [0.25, 0.3) is 0 Å². The molecule has 1 aliphatic carbocycles. The summed E-state index contributed by atoms with van der Waals surface area (Å²) >= 11 is 7.69. The fourth-order valence-electron chi connectivity index (χ4n) is 3.55. The van der Waals surface area contributed by atoms with Crippen molar-refractivity contribution in [2.75, 3.05) is 23.7 Å². The number of hydrogen-bond donors (Lipinski definition) is 0. The van der Waals surface area contributed by atoms with Crippen LogP contribution >= 0.6 is 23.4 Å². The van der Waals surface area contributed by atoms with Gasteiger partial charge in [0.25, 0.3) is 0 Å². The Labute approximate surface area is 145 Å². The van der Waals surface area contributed by atoms with E-state index in [9.17, 15) is 9.59 Å². The lowest BCUT2D eigenvalue weighted by Gasteiger charge is -2.44. The van der Waals surface area contributed by atoms with Gasteiger partial charge in [-0.1, -0.05) is 11.6 Å². The average Bonchev–Trinajstić information content (AvgIpc) is 3.36. The highest BCUT2D eigenvalue weighted by Crippen LogP contribution is 2.47. The van der Waals surface area contributed by atoms with Crippen LogP contribution in [0.2, 0.25) is 5.02 Å². The Morgan fingerprint density at radius 1 is 1.17 bits per heavy atom. The summed E-state index contributed by atoms with van der Waals surface area (Å²) in [6.45, 7) is 1.50. The molecule has 0 bridgehead atoms. The fraction of sp³-hybridized carbons (Fsp3) is 0.529. The molecular formula is C17H19ClN2O2S. The Morgan fingerprint density at radius 2 is 1.83 bits per heavy atom. The van der Waals surface area contributed by atoms with Crippen molar-refractivity contribution < 1.29 is 9.59 Å². The van der Waals surface area contributed by atoms with Gasteiger partial charge in [0.2, 0.25) is 11.8 Å². The lowest BCUT2D eigenvalue weighted by atomic mass is 10.0. The number of piperidine rings is 1. The Morgan fingerprint density at radius 3 is 2.43 bits per heavy atom. The maximum atomic E-state index is 12.5. The van der Waals surface area contributed by atoms with Gasteiger partial charge < -0.3 is 4.90 Å². The van der Waals surface area contributed by atoms with Crippen molar-refractivity contribution in [2.24, 2.45) is 5.92 Å². The van der Waals surface area contributed by atoms with Gasteiger partial charge in [-0.15, -0.1) is 11.8 Å². The molecule has 2 heterocycles. The molecule has 2 aliphatic heterocycles. The van der Waals surface area contributed by atoms with Crippen molar-refractivity contribution in [1.82, 2.24) is 4.90 Å². The highest BCUT2D eigenvalue weighted by Gasteiger charge is 2.49. The first-order valence-electron chi connectivity index (χ1n) is 8.10. The predicted octanol–water partition coefficient (Wildman–Crippen LogP) is 3.15. The van der Waals surface area contributed by atoms with Gasteiger partial charge >= 0.3 is 0 Å². The van der Waals surface area contributed by atoms with Crippen LogP contribution in [-0.2, 0) is 9.59 Å². The fourth-order valence-corrected chi connectivity index (χ4v) is 5.01. The average molecular weight is 351 g/mol. The van der Waals surface area contributed by atoms with Crippen LogP contribution in [0.3, 0.4) is 0 Å². The molecule has 122 valence electrons. The van der Waals surface area contributed by atoms with Gasteiger partial charge in [0.05, 0.1) is 10.6 Å². The molecule has 0 aromatic heterocycles. The summed E-state index contributed by atoms with van der Waals surface area (Å²) in [6.07, 6.45) is 3.77. The van der Waals surface area contributed by atoms with Crippen LogP contribution < -0.4 is 4.90 Å². The number of carbonyl (C=O) groups is 2. The third-order valence-electron chi connectivity index (χ3n) is 4.99. The molecule has 3 fully saturated rings. The van der Waals surface area contributed by atoms with Crippen LogP contribution in [0.15, 0.2) is 24.3 Å². The van der Waals surface area contributed by atoms with Crippen molar-refractivity contribution in [3.63, 3.8) is 0 Å². The van der Waals surface area contributed by atoms with Crippen LogP contribution in [0.4, 0.5) is 5.69 Å². The summed E-state index contributed by atoms with van der Waals surface area (Å²) in [5.41, 5.74) is 0.909. The summed E-state index contributed by atoms with van der Waals surface area (Å²) in [4.78, 5) is 28.4. The monoisotopic (exact) mass is 350 g/mol. The number of anilines is 1. The van der Waals surface area contributed by atoms with Crippen LogP contribution in [-0.4, -0.2) is 40.4 Å². The maximum Gasteiger partial charge on any atom is 0.238 e. The zero-order chi connectivity index (χ0) is 16.0. The van der Waals surface area contributed by atoms with Crippen molar-refractivity contribution in [1.29, 1.82) is 0 Å². The summed E-state index contributed by atoms with van der Waals surface area (Å²) in [7, 11) is 0. The number of benzene rings is 1. The molecule has 4 nitrogen and oxygen atoms in total. The van der Waals surface area contributed by atoms with Crippen LogP contribution in [0.1, 0.15) is 25.7 Å². The number of amides is 2. The molecule has 3 aliphatic rings. The molecule has 0 radical (unpaired) electrons. The second-order valence-electron chi connectivity index (χ2n) is 6.54. The number of carbonyl (C=O) groups excluding carboxylic acids is 2. The molecule has 0 unspecified atom stereocenters. The summed E-state index contributed by atoms with van der Waals surface area (Å²) in [6, 6.07) is 7.48. The second kappa shape index (κ2) is 5.71. The smallest absolute Gasteiger partial charge is 0.238 e. The number of nitrogens with zero attached hydrogens (tertiary/aromatic N) is 2. The van der Waals surface area contributed by atoms with E-state index < -0.39 is 0 Å². The second-order valence-corrected chi connectivity index (χ2v) is 8.31. The quantitative estimate of drug-likeness (QED) is 0.822. The van der Waals surface area contributed by atoms with E-state index in [1.54, 1.807) is 11.8 Å². The topological polar surface area (TPSA) is 40.6 Å². The van der Waals surface area contributed by atoms with E-state index in [0.29, 0.717) is 16.7 Å². The van der Waals surface area contributed by atoms with E-state index in [-0.39, 0.29) is 16.7 Å². The van der Waals surface area contributed by atoms with Gasteiger partial charge in [0.15, 0.2) is 0 Å². The number of likely N-dealkylation sites (tertiary alicyclic amines) is 1. The van der Waals surface area contributed by atoms with Crippen molar-refractivity contribution >= 4 is 40.9 Å². The zero-order valence-electron chi connectivity index (χ0n) is 12.8. The molecule has 1 saturated carbocycles. The number of halogens is 1. The Balaban J connectivity index is 1.54. The Hall–Kier alpha value is -1.20. The molecule has 2 amide bonds. The van der Waals surface area contributed by atoms with Crippen molar-refractivity contribution in [2.45, 2.75) is 30.6 Å². The van der Waals surface area contributed by atoms with Crippen molar-refractivity contribution in [3.05, 3.63) is 29.3 Å². The molecule has 6 heteroatoms. The minimum atomic E-state index is -0.203. The summed E-state index contributed by atoms with van der Waals surface area (Å²) in [5.74, 6) is 1.25. The lowest BCUT2D eigenvalue weighted by Crippen LogP contribution is -2.53. The molecule has 0 N–H and O–H groups in total. The molecule has 2 saturated heterocycles. The van der Waals surface area contributed by atoms with Crippen LogP contribution in [0.5, 0.6) is 0 Å². The maximum absolute atomic E-state index is 12.5. The third kappa shape index (κ3) is 2.74. The highest BCUT2D eigenvalue weighted by atomic mass is 35.5. The minimum Gasteiger partial charge on any atom is -0.342 e. The molecule has 1 aromatic carbocycles. The third-order valence-corrected chi connectivity index (χ3v) is 6.76. The molecular weight excluding hydrogens is 332 g/mol. The van der Waals surface area contributed by atoms with E-state index in [1.807, 2.05) is 34.1 Å². The van der Waals surface area contributed by atoms with Crippen molar-refractivity contribution in [3.8, 4) is 0 Å².